The minimum atomic E-state index is -3.72. The Morgan fingerprint density at radius 1 is 0.388 bits per heavy atom. The molecule has 0 radical (unpaired) electrons. The van der Waals surface area contributed by atoms with Crippen molar-refractivity contribution in [1.82, 2.24) is 9.13 Å². The average Bonchev–Trinajstić information content (AvgIpc) is 1.73. The first-order chi connectivity index (χ1) is 39.6. The van der Waals surface area contributed by atoms with Crippen LogP contribution in [0.25, 0.3) is 77.2 Å². The number of fused-ring (bicyclic) bond motifs is 6. The Bertz CT molecular complexity index is 3870. The van der Waals surface area contributed by atoms with Crippen LogP contribution >= 0.6 is 0 Å². The van der Waals surface area contributed by atoms with Gasteiger partial charge in [0.2, 0.25) is 0 Å². The molecular weight excluding hydrogens is 1130 g/mol. The summed E-state index contributed by atoms with van der Waals surface area (Å²) in [5.74, 6) is -4.65. The van der Waals surface area contributed by atoms with E-state index in [1.165, 1.54) is 0 Å². The molecule has 85 heavy (non-hydrogen) atoms. The maximum atomic E-state index is 15.8. The van der Waals surface area contributed by atoms with Crippen molar-refractivity contribution in [3.63, 3.8) is 0 Å². The van der Waals surface area contributed by atoms with Crippen molar-refractivity contribution in [3.8, 4) is 56.6 Å². The van der Waals surface area contributed by atoms with Gasteiger partial charge >= 0.3 is 400 Å². The van der Waals surface area contributed by atoms with Gasteiger partial charge in [0.05, 0.1) is 0 Å². The summed E-state index contributed by atoms with van der Waals surface area (Å²) in [6.45, 7) is 38.4. The Hall–Kier alpha value is -7.18. The summed E-state index contributed by atoms with van der Waals surface area (Å²) >= 11 is -3.72. The van der Waals surface area contributed by atoms with Gasteiger partial charge in [-0.25, -0.2) is 0 Å². The Labute approximate surface area is 501 Å². The fraction of sp³-hybridized carbons (Fsp3) is 0.351. The number of aromatic hydroxyl groups is 2. The Morgan fingerprint density at radius 3 is 0.918 bits per heavy atom. The summed E-state index contributed by atoms with van der Waals surface area (Å²) in [4.78, 5) is 0. The number of aromatic nitrogens is 2. The molecular formula is C74H82F4GeN2O4. The van der Waals surface area contributed by atoms with E-state index in [4.69, 9.17) is 9.47 Å². The monoisotopic (exact) mass is 1210 g/mol. The van der Waals surface area contributed by atoms with Gasteiger partial charge in [-0.1, -0.05) is 83.1 Å². The van der Waals surface area contributed by atoms with Crippen LogP contribution < -0.4 is 9.47 Å². The second kappa shape index (κ2) is 21.7. The molecule has 10 aromatic rings. The first-order valence-corrected chi connectivity index (χ1v) is 35.1. The molecule has 2 N–H and O–H groups in total. The van der Waals surface area contributed by atoms with E-state index in [1.807, 2.05) is 35.1 Å². The second-order valence-corrected chi connectivity index (χ2v) is 39.8. The third kappa shape index (κ3) is 11.1. The van der Waals surface area contributed by atoms with Crippen LogP contribution in [-0.2, 0) is 21.7 Å². The molecule has 6 nitrogen and oxygen atoms in total. The van der Waals surface area contributed by atoms with E-state index in [0.717, 1.165) is 101 Å². The van der Waals surface area contributed by atoms with Crippen molar-refractivity contribution in [3.05, 3.63) is 178 Å². The summed E-state index contributed by atoms with van der Waals surface area (Å²) in [7, 11) is 0. The van der Waals surface area contributed by atoms with E-state index in [9.17, 15) is 10.2 Å². The number of phenols is 2. The van der Waals surface area contributed by atoms with E-state index < -0.39 is 36.5 Å². The summed E-state index contributed by atoms with van der Waals surface area (Å²) < 4.78 is 80.9. The van der Waals surface area contributed by atoms with Crippen LogP contribution in [0.2, 0.25) is 9.50 Å². The average molecular weight is 1210 g/mol. The normalized spacial score (nSPS) is 13.0. The number of benzene rings is 8. The Morgan fingerprint density at radius 2 is 0.659 bits per heavy atom. The molecule has 2 aromatic heterocycles. The van der Waals surface area contributed by atoms with E-state index >= 15 is 17.6 Å². The number of phenolic OH excluding ortho intramolecular Hbond substituents is 2. The molecule has 0 unspecified atom stereocenters. The van der Waals surface area contributed by atoms with Gasteiger partial charge in [0, 0.05) is 0 Å². The molecule has 0 aliphatic heterocycles. The quantitative estimate of drug-likeness (QED) is 0.0945. The van der Waals surface area contributed by atoms with Crippen LogP contribution in [-0.4, -0.2) is 43.5 Å². The molecule has 0 atom stereocenters. The zero-order valence-electron chi connectivity index (χ0n) is 52.7. The number of aryl methyl sites for hydroxylation is 2. The predicted octanol–water partition coefficient (Wildman–Crippen LogP) is 20.8. The zero-order valence-corrected chi connectivity index (χ0v) is 54.8. The molecule has 0 fully saturated rings. The van der Waals surface area contributed by atoms with Crippen molar-refractivity contribution in [2.45, 2.75) is 156 Å². The first-order valence-electron chi connectivity index (χ1n) is 29.7. The molecule has 0 spiro atoms. The Balaban J connectivity index is 1.05. The van der Waals surface area contributed by atoms with Gasteiger partial charge in [0.25, 0.3) is 0 Å². The van der Waals surface area contributed by atoms with Crippen LogP contribution in [0.5, 0.6) is 23.0 Å². The number of hydrogen-bond donors (Lipinski definition) is 2. The molecule has 0 bridgehead atoms. The number of nitrogens with zero attached hydrogens (tertiary/aromatic N) is 2. The molecule has 0 aliphatic carbocycles. The second-order valence-electron chi connectivity index (χ2n) is 28.6. The summed E-state index contributed by atoms with van der Waals surface area (Å²) in [5, 5.41) is 29.5. The summed E-state index contributed by atoms with van der Waals surface area (Å²) in [5.41, 5.74) is 11.1. The fourth-order valence-electron chi connectivity index (χ4n) is 12.2. The maximum absolute atomic E-state index is 15.8. The van der Waals surface area contributed by atoms with Gasteiger partial charge in [0.1, 0.15) is 0 Å². The number of ether oxygens (including phenoxy) is 2. The number of halogens is 4. The third-order valence-corrected chi connectivity index (χ3v) is 30.4. The molecule has 8 aromatic carbocycles. The van der Waals surface area contributed by atoms with Crippen molar-refractivity contribution < 1.29 is 37.2 Å². The summed E-state index contributed by atoms with van der Waals surface area (Å²) in [6.07, 6.45) is 0. The molecule has 0 saturated heterocycles. The molecule has 444 valence electrons. The number of hydrogen-bond acceptors (Lipinski definition) is 4. The van der Waals surface area contributed by atoms with Crippen LogP contribution in [0.15, 0.2) is 121 Å². The SMILES string of the molecule is Cc1cc(-c2cc(F)c(F)cc2O[CH2][Ge]([CH2]Oc2cc(F)c(F)cc2-c2cc(C)cc(-n3c4ccc(C(C)(C)C)cc4c4cc(C(C)(C)C)ccc43)c2O)([CH](C)C)[CH](C)C)c(O)c(-n2c3ccc(C(C)(C)C)cc3c3cc(C(C)(C)C)ccc32)c1. The van der Waals surface area contributed by atoms with Crippen LogP contribution in [0.3, 0.4) is 0 Å². The van der Waals surface area contributed by atoms with Crippen molar-refractivity contribution in [2.24, 2.45) is 0 Å². The minimum absolute atomic E-state index is 0.0127. The molecule has 0 amide bonds. The van der Waals surface area contributed by atoms with Crippen LogP contribution in [0.4, 0.5) is 17.6 Å². The van der Waals surface area contributed by atoms with Gasteiger partial charge < -0.3 is 0 Å². The van der Waals surface area contributed by atoms with Crippen LogP contribution in [0, 0.1) is 37.1 Å². The fourth-order valence-corrected chi connectivity index (χ4v) is 19.8. The van der Waals surface area contributed by atoms with Gasteiger partial charge in [-0.2, -0.15) is 0 Å². The van der Waals surface area contributed by atoms with E-state index in [-0.39, 0.29) is 87.3 Å². The van der Waals surface area contributed by atoms with Gasteiger partial charge in [-0.3, -0.25) is 0 Å². The van der Waals surface area contributed by atoms with Crippen molar-refractivity contribution in [2.75, 3.05) is 10.9 Å². The predicted molar refractivity (Wildman–Crippen MR) is 347 cm³/mol. The topological polar surface area (TPSA) is 68.8 Å². The molecule has 0 aliphatic rings. The zero-order chi connectivity index (χ0) is 61.9. The van der Waals surface area contributed by atoms with Gasteiger partial charge in [-0.15, -0.1) is 0 Å². The third-order valence-electron chi connectivity index (χ3n) is 17.9. The molecule has 2 heterocycles. The van der Waals surface area contributed by atoms with Gasteiger partial charge in [0.15, 0.2) is 0 Å². The van der Waals surface area contributed by atoms with E-state index in [2.05, 4.69) is 184 Å². The summed E-state index contributed by atoms with van der Waals surface area (Å²) in [6, 6.07) is 37.3. The molecule has 0 saturated carbocycles. The molecule has 11 heteroatoms. The number of rotatable bonds is 12. The van der Waals surface area contributed by atoms with Crippen molar-refractivity contribution >= 4 is 56.9 Å². The molecule has 10 rings (SSSR count). The van der Waals surface area contributed by atoms with E-state index in [0.29, 0.717) is 11.4 Å². The standard InChI is InChI=1S/C74H82F4GeN2O4/c1-41(2)79(42(3)4,39-84-67-37-59(77)57(75)35-53(67)55-27-43(5)29-65(69(55)82)80-61-23-19-45(71(7,8)9)31-49(61)50-32-46(72(10,11)12)20-24-62(50)80)40-85-68-38-60(78)58(76)36-54(68)56-28-44(6)30-66(70(56)83)81-63-25-21-47(73(13,14)15)33-51(63)52-34-48(74(16,17)18)22-26-64(52)81/h19-38,41-42,82-83H,39-40H2,1-18H3. The van der Waals surface area contributed by atoms with Gasteiger partial charge in [-0.05, 0) is 21.7 Å². The van der Waals surface area contributed by atoms with E-state index in [1.54, 1.807) is 12.1 Å². The first kappa shape index (κ1) is 60.9. The Kier molecular flexibility index (Phi) is 15.5. The van der Waals surface area contributed by atoms with Crippen molar-refractivity contribution in [1.29, 1.82) is 0 Å². The van der Waals surface area contributed by atoms with Crippen LogP contribution in [0.1, 0.15) is 144 Å².